The van der Waals surface area contributed by atoms with Crippen LogP contribution in [0.3, 0.4) is 0 Å². The minimum atomic E-state index is -0.236. The molecule has 1 aromatic carbocycles. The minimum Gasteiger partial charge on any atom is -0.409 e. The van der Waals surface area contributed by atoms with E-state index in [-0.39, 0.29) is 23.7 Å². The van der Waals surface area contributed by atoms with Gasteiger partial charge in [-0.25, -0.2) is 0 Å². The molecule has 1 fully saturated rings. The number of oxime groups is 1. The van der Waals surface area contributed by atoms with Gasteiger partial charge in [0.25, 0.3) is 0 Å². The first-order chi connectivity index (χ1) is 10.2. The zero-order valence-corrected chi connectivity index (χ0v) is 12.0. The second kappa shape index (κ2) is 5.76. The number of carbonyl (C=O) groups is 1. The first-order valence-corrected chi connectivity index (χ1v) is 7.55. The quantitative estimate of drug-likeness (QED) is 0.375. The van der Waals surface area contributed by atoms with E-state index in [9.17, 15) is 4.79 Å². The van der Waals surface area contributed by atoms with Gasteiger partial charge >= 0.3 is 0 Å². The summed E-state index contributed by atoms with van der Waals surface area (Å²) < 4.78 is 0. The Labute approximate surface area is 124 Å². The Balaban J connectivity index is 1.74. The van der Waals surface area contributed by atoms with Crippen molar-refractivity contribution < 1.29 is 10.0 Å². The second-order valence-corrected chi connectivity index (χ2v) is 5.92. The van der Waals surface area contributed by atoms with Gasteiger partial charge in [0.2, 0.25) is 5.91 Å². The van der Waals surface area contributed by atoms with E-state index in [0.29, 0.717) is 6.54 Å². The standard InChI is InChI=1S/C16H21N3O2/c17-15(18-21)14-6-3-9-19(14)16(20)13-8-7-11-4-1-2-5-12(11)10-13/h1-2,4-5,13-14,21H,3,6-10H2,(H2,17,18). The predicted molar refractivity (Wildman–Crippen MR) is 80.1 cm³/mol. The minimum absolute atomic E-state index is 0.0204. The molecule has 112 valence electrons. The molecular formula is C16H21N3O2. The van der Waals surface area contributed by atoms with Gasteiger partial charge in [-0.3, -0.25) is 4.79 Å². The molecule has 0 spiro atoms. The van der Waals surface area contributed by atoms with Crippen molar-refractivity contribution in [1.82, 2.24) is 4.90 Å². The number of carbonyl (C=O) groups excluding carboxylic acids is 1. The zero-order chi connectivity index (χ0) is 14.8. The van der Waals surface area contributed by atoms with Gasteiger partial charge in [0, 0.05) is 12.5 Å². The van der Waals surface area contributed by atoms with Crippen LogP contribution >= 0.6 is 0 Å². The van der Waals surface area contributed by atoms with Crippen LogP contribution in [-0.4, -0.2) is 34.4 Å². The molecule has 3 rings (SSSR count). The van der Waals surface area contributed by atoms with Crippen LogP contribution < -0.4 is 5.73 Å². The number of nitrogens with zero attached hydrogens (tertiary/aromatic N) is 2. The summed E-state index contributed by atoms with van der Waals surface area (Å²) in [5, 5.41) is 11.9. The van der Waals surface area contributed by atoms with Crippen LogP contribution in [0, 0.1) is 5.92 Å². The summed E-state index contributed by atoms with van der Waals surface area (Å²) in [5.74, 6) is 0.322. The summed E-state index contributed by atoms with van der Waals surface area (Å²) >= 11 is 0. The molecular weight excluding hydrogens is 266 g/mol. The first-order valence-electron chi connectivity index (χ1n) is 7.55. The molecule has 2 atom stereocenters. The maximum absolute atomic E-state index is 12.8. The Kier molecular flexibility index (Phi) is 3.82. The highest BCUT2D eigenvalue weighted by molar-refractivity contribution is 5.91. The van der Waals surface area contributed by atoms with Gasteiger partial charge in [0.05, 0.1) is 6.04 Å². The van der Waals surface area contributed by atoms with Crippen molar-refractivity contribution >= 4 is 11.7 Å². The largest absolute Gasteiger partial charge is 0.409 e. The summed E-state index contributed by atoms with van der Waals surface area (Å²) in [6, 6.07) is 8.10. The second-order valence-electron chi connectivity index (χ2n) is 5.92. The van der Waals surface area contributed by atoms with E-state index in [1.165, 1.54) is 11.1 Å². The third-order valence-corrected chi connectivity index (χ3v) is 4.69. The highest BCUT2D eigenvalue weighted by Gasteiger charge is 2.36. The van der Waals surface area contributed by atoms with Crippen molar-refractivity contribution in [2.24, 2.45) is 16.8 Å². The van der Waals surface area contributed by atoms with Crippen LogP contribution in [0.15, 0.2) is 29.4 Å². The fourth-order valence-corrected chi connectivity index (χ4v) is 3.55. The topological polar surface area (TPSA) is 78.9 Å². The molecule has 21 heavy (non-hydrogen) atoms. The Morgan fingerprint density at radius 3 is 2.81 bits per heavy atom. The molecule has 0 radical (unpaired) electrons. The molecule has 1 aliphatic carbocycles. The molecule has 2 aliphatic rings. The maximum atomic E-state index is 12.8. The van der Waals surface area contributed by atoms with E-state index in [4.69, 9.17) is 10.9 Å². The lowest BCUT2D eigenvalue weighted by molar-refractivity contribution is -0.135. The van der Waals surface area contributed by atoms with Crippen LogP contribution in [0.25, 0.3) is 0 Å². The van der Waals surface area contributed by atoms with E-state index >= 15 is 0 Å². The Bertz CT molecular complexity index is 570. The van der Waals surface area contributed by atoms with Crippen LogP contribution in [-0.2, 0) is 17.6 Å². The number of nitrogens with two attached hydrogens (primary N) is 1. The van der Waals surface area contributed by atoms with Crippen LogP contribution in [0.1, 0.15) is 30.4 Å². The number of rotatable bonds is 2. The Morgan fingerprint density at radius 1 is 1.29 bits per heavy atom. The molecule has 3 N–H and O–H groups in total. The van der Waals surface area contributed by atoms with Crippen molar-refractivity contribution in [2.45, 2.75) is 38.1 Å². The third kappa shape index (κ3) is 2.60. The average molecular weight is 287 g/mol. The fraction of sp³-hybridized carbons (Fsp3) is 0.500. The highest BCUT2D eigenvalue weighted by Crippen LogP contribution is 2.29. The summed E-state index contributed by atoms with van der Waals surface area (Å²) in [5.41, 5.74) is 8.36. The van der Waals surface area contributed by atoms with Crippen molar-refractivity contribution in [3.8, 4) is 0 Å². The zero-order valence-electron chi connectivity index (χ0n) is 12.0. The van der Waals surface area contributed by atoms with Gasteiger partial charge in [-0.15, -0.1) is 0 Å². The highest BCUT2D eigenvalue weighted by atomic mass is 16.4. The van der Waals surface area contributed by atoms with Crippen molar-refractivity contribution in [3.05, 3.63) is 35.4 Å². The van der Waals surface area contributed by atoms with Gasteiger partial charge < -0.3 is 15.8 Å². The lowest BCUT2D eigenvalue weighted by Crippen LogP contribution is -2.47. The monoisotopic (exact) mass is 287 g/mol. The Hall–Kier alpha value is -2.04. The van der Waals surface area contributed by atoms with Gasteiger partial charge in [0.15, 0.2) is 5.84 Å². The molecule has 5 heteroatoms. The summed E-state index contributed by atoms with van der Waals surface area (Å²) in [6.45, 7) is 0.706. The van der Waals surface area contributed by atoms with Gasteiger partial charge in [-0.1, -0.05) is 29.4 Å². The van der Waals surface area contributed by atoms with E-state index < -0.39 is 0 Å². The number of likely N-dealkylation sites (tertiary alicyclic amines) is 1. The molecule has 1 saturated heterocycles. The molecule has 2 unspecified atom stereocenters. The summed E-state index contributed by atoms with van der Waals surface area (Å²) in [6.07, 6.45) is 4.33. The Morgan fingerprint density at radius 2 is 2.05 bits per heavy atom. The van der Waals surface area contributed by atoms with Crippen LogP contribution in [0.2, 0.25) is 0 Å². The number of amides is 1. The van der Waals surface area contributed by atoms with Gasteiger partial charge in [0.1, 0.15) is 0 Å². The molecule has 0 saturated carbocycles. The number of fused-ring (bicyclic) bond motifs is 1. The number of benzene rings is 1. The summed E-state index contributed by atoms with van der Waals surface area (Å²) in [4.78, 5) is 14.6. The smallest absolute Gasteiger partial charge is 0.226 e. The molecule has 5 nitrogen and oxygen atoms in total. The number of amidine groups is 1. The maximum Gasteiger partial charge on any atom is 0.226 e. The van der Waals surface area contributed by atoms with E-state index in [1.54, 1.807) is 4.90 Å². The molecule has 0 aromatic heterocycles. The normalized spacial score (nSPS) is 25.7. The van der Waals surface area contributed by atoms with Crippen molar-refractivity contribution in [1.29, 1.82) is 0 Å². The van der Waals surface area contributed by atoms with Gasteiger partial charge in [-0.2, -0.15) is 0 Å². The third-order valence-electron chi connectivity index (χ3n) is 4.69. The van der Waals surface area contributed by atoms with Crippen LogP contribution in [0.4, 0.5) is 0 Å². The van der Waals surface area contributed by atoms with E-state index in [2.05, 4.69) is 23.4 Å². The van der Waals surface area contributed by atoms with Crippen molar-refractivity contribution in [3.63, 3.8) is 0 Å². The van der Waals surface area contributed by atoms with Crippen LogP contribution in [0.5, 0.6) is 0 Å². The van der Waals surface area contributed by atoms with Crippen molar-refractivity contribution in [2.75, 3.05) is 6.54 Å². The summed E-state index contributed by atoms with van der Waals surface area (Å²) in [7, 11) is 0. The molecule has 1 aromatic rings. The lowest BCUT2D eigenvalue weighted by atomic mass is 9.83. The lowest BCUT2D eigenvalue weighted by Gasteiger charge is -2.30. The molecule has 1 amide bonds. The first kappa shape index (κ1) is 13.9. The SMILES string of the molecule is N/C(=N/O)C1CCCN1C(=O)C1CCc2ccccc2C1. The van der Waals surface area contributed by atoms with E-state index in [1.807, 2.05) is 6.07 Å². The van der Waals surface area contributed by atoms with E-state index in [0.717, 1.165) is 32.1 Å². The number of hydrogen-bond acceptors (Lipinski definition) is 3. The molecule has 1 aliphatic heterocycles. The predicted octanol–water partition coefficient (Wildman–Crippen LogP) is 1.53. The average Bonchev–Trinajstić information content (AvgIpc) is 3.02. The van der Waals surface area contributed by atoms with Gasteiger partial charge in [-0.05, 0) is 43.2 Å². The molecule has 1 heterocycles. The molecule has 0 bridgehead atoms. The fourth-order valence-electron chi connectivity index (χ4n) is 3.55. The number of aryl methyl sites for hydroxylation is 1. The number of hydrogen-bond donors (Lipinski definition) is 2.